The second-order valence-corrected chi connectivity index (χ2v) is 6.64. The van der Waals surface area contributed by atoms with E-state index in [4.69, 9.17) is 16.1 Å². The number of amides is 1. The Bertz CT molecular complexity index is 962. The first kappa shape index (κ1) is 19.9. The van der Waals surface area contributed by atoms with Gasteiger partial charge in [0.25, 0.3) is 5.91 Å². The number of rotatable bonds is 6. The Hall–Kier alpha value is -2.86. The Morgan fingerprint density at radius 1 is 1.18 bits per heavy atom. The van der Waals surface area contributed by atoms with Crippen LogP contribution in [-0.2, 0) is 0 Å². The topological polar surface area (TPSA) is 58.4 Å². The molecular formula is C21H21ClFN3O2. The van der Waals surface area contributed by atoms with Gasteiger partial charge in [-0.3, -0.25) is 4.79 Å². The van der Waals surface area contributed by atoms with Gasteiger partial charge in [0.1, 0.15) is 22.8 Å². The molecule has 28 heavy (non-hydrogen) atoms. The summed E-state index contributed by atoms with van der Waals surface area (Å²) in [5.41, 5.74) is 1.97. The van der Waals surface area contributed by atoms with Crippen LogP contribution in [0.1, 0.15) is 30.0 Å². The number of halogens is 2. The van der Waals surface area contributed by atoms with Crippen molar-refractivity contribution >= 4 is 28.9 Å². The largest absolute Gasteiger partial charge is 0.372 e. The molecule has 1 aromatic heterocycles. The molecule has 0 unspecified atom stereocenters. The van der Waals surface area contributed by atoms with Crippen LogP contribution in [0, 0.1) is 12.7 Å². The maximum atomic E-state index is 14.3. The molecule has 5 nitrogen and oxygen atoms in total. The quantitative estimate of drug-likeness (QED) is 0.589. The fourth-order valence-electron chi connectivity index (χ4n) is 3.07. The highest BCUT2D eigenvalue weighted by molar-refractivity contribution is 6.33. The first-order valence-corrected chi connectivity index (χ1v) is 9.41. The van der Waals surface area contributed by atoms with E-state index < -0.39 is 11.7 Å². The smallest absolute Gasteiger partial charge is 0.261 e. The van der Waals surface area contributed by atoms with E-state index in [0.717, 1.165) is 18.8 Å². The number of anilines is 2. The maximum absolute atomic E-state index is 14.3. The summed E-state index contributed by atoms with van der Waals surface area (Å²) in [4.78, 5) is 15.1. The highest BCUT2D eigenvalue weighted by Crippen LogP contribution is 2.33. The summed E-state index contributed by atoms with van der Waals surface area (Å²) in [6.07, 6.45) is 0. The maximum Gasteiger partial charge on any atom is 0.261 e. The molecule has 0 spiro atoms. The number of carbonyl (C=O) groups excluding carboxylic acids is 1. The summed E-state index contributed by atoms with van der Waals surface area (Å²) in [5.74, 6) is -0.728. The van der Waals surface area contributed by atoms with Crippen LogP contribution in [0.2, 0.25) is 5.02 Å². The predicted octanol–water partition coefficient (Wildman–Crippen LogP) is 5.54. The van der Waals surface area contributed by atoms with Crippen LogP contribution in [0.5, 0.6) is 0 Å². The molecule has 1 amide bonds. The van der Waals surface area contributed by atoms with E-state index in [9.17, 15) is 9.18 Å². The molecule has 1 N–H and O–H groups in total. The Morgan fingerprint density at radius 2 is 1.86 bits per heavy atom. The summed E-state index contributed by atoms with van der Waals surface area (Å²) >= 11 is 6.13. The average Bonchev–Trinajstić information content (AvgIpc) is 3.05. The van der Waals surface area contributed by atoms with Crippen LogP contribution in [0.25, 0.3) is 11.3 Å². The summed E-state index contributed by atoms with van der Waals surface area (Å²) < 4.78 is 19.5. The van der Waals surface area contributed by atoms with Gasteiger partial charge in [-0.05, 0) is 57.2 Å². The predicted molar refractivity (Wildman–Crippen MR) is 110 cm³/mol. The molecule has 0 aliphatic heterocycles. The molecular weight excluding hydrogens is 381 g/mol. The third-order valence-electron chi connectivity index (χ3n) is 4.54. The summed E-state index contributed by atoms with van der Waals surface area (Å²) in [5, 5.41) is 6.83. The number of hydrogen-bond acceptors (Lipinski definition) is 4. The number of nitrogens with one attached hydrogen (secondary N) is 1. The lowest BCUT2D eigenvalue weighted by atomic mass is 10.0. The van der Waals surface area contributed by atoms with Gasteiger partial charge < -0.3 is 14.7 Å². The third-order valence-corrected chi connectivity index (χ3v) is 4.86. The molecule has 3 aromatic rings. The van der Waals surface area contributed by atoms with E-state index in [0.29, 0.717) is 5.69 Å². The van der Waals surface area contributed by atoms with Crippen molar-refractivity contribution in [1.82, 2.24) is 5.16 Å². The van der Waals surface area contributed by atoms with Crippen molar-refractivity contribution in [3.05, 3.63) is 64.6 Å². The standard InChI is InChI=1S/C21H21ClFN3O2/c1-4-26(5-2)15-11-9-14(10-12-15)24-21(27)18-13(3)28-25-20(18)19-16(22)7-6-8-17(19)23/h6-12H,4-5H2,1-3H3,(H,24,27). The van der Waals surface area contributed by atoms with E-state index in [-0.39, 0.29) is 27.6 Å². The van der Waals surface area contributed by atoms with Crippen molar-refractivity contribution in [2.45, 2.75) is 20.8 Å². The number of hydrogen-bond donors (Lipinski definition) is 1. The molecule has 0 fully saturated rings. The Balaban J connectivity index is 1.89. The first-order chi connectivity index (χ1) is 13.5. The summed E-state index contributed by atoms with van der Waals surface area (Å²) in [6, 6.07) is 11.8. The molecule has 3 rings (SSSR count). The van der Waals surface area contributed by atoms with Crippen molar-refractivity contribution in [2.24, 2.45) is 0 Å². The average molecular weight is 402 g/mol. The van der Waals surface area contributed by atoms with Crippen molar-refractivity contribution in [3.8, 4) is 11.3 Å². The zero-order chi connectivity index (χ0) is 20.3. The molecule has 1 heterocycles. The minimum absolute atomic E-state index is 0.0445. The van der Waals surface area contributed by atoms with Crippen LogP contribution in [-0.4, -0.2) is 24.2 Å². The zero-order valence-corrected chi connectivity index (χ0v) is 16.7. The van der Waals surface area contributed by atoms with E-state index in [1.165, 1.54) is 18.2 Å². The molecule has 2 aromatic carbocycles. The second kappa shape index (κ2) is 8.44. The molecule has 146 valence electrons. The van der Waals surface area contributed by atoms with Crippen LogP contribution < -0.4 is 10.2 Å². The number of nitrogens with zero attached hydrogens (tertiary/aromatic N) is 2. The zero-order valence-electron chi connectivity index (χ0n) is 15.9. The fourth-order valence-corrected chi connectivity index (χ4v) is 3.32. The van der Waals surface area contributed by atoms with Crippen LogP contribution >= 0.6 is 11.6 Å². The van der Waals surface area contributed by atoms with Gasteiger partial charge in [0.05, 0.1) is 10.6 Å². The highest BCUT2D eigenvalue weighted by Gasteiger charge is 2.25. The van der Waals surface area contributed by atoms with E-state index >= 15 is 0 Å². The molecule has 0 saturated heterocycles. The normalized spacial score (nSPS) is 10.8. The van der Waals surface area contributed by atoms with E-state index in [1.54, 1.807) is 6.92 Å². The van der Waals surface area contributed by atoms with Gasteiger partial charge in [-0.25, -0.2) is 4.39 Å². The van der Waals surface area contributed by atoms with Gasteiger partial charge in [-0.2, -0.15) is 0 Å². The monoisotopic (exact) mass is 401 g/mol. The lowest BCUT2D eigenvalue weighted by Crippen LogP contribution is -2.21. The van der Waals surface area contributed by atoms with Crippen LogP contribution in [0.4, 0.5) is 15.8 Å². The van der Waals surface area contributed by atoms with Gasteiger partial charge in [0, 0.05) is 24.5 Å². The van der Waals surface area contributed by atoms with Crippen molar-refractivity contribution < 1.29 is 13.7 Å². The highest BCUT2D eigenvalue weighted by atomic mass is 35.5. The molecule has 0 atom stereocenters. The third kappa shape index (κ3) is 3.87. The Labute approximate surface area is 168 Å². The van der Waals surface area contributed by atoms with Gasteiger partial charge in [-0.1, -0.05) is 22.8 Å². The minimum Gasteiger partial charge on any atom is -0.372 e. The van der Waals surface area contributed by atoms with Crippen molar-refractivity contribution in [2.75, 3.05) is 23.3 Å². The number of aromatic nitrogens is 1. The number of carbonyl (C=O) groups is 1. The molecule has 0 aliphatic rings. The Morgan fingerprint density at radius 3 is 2.46 bits per heavy atom. The lowest BCUT2D eigenvalue weighted by Gasteiger charge is -2.21. The van der Waals surface area contributed by atoms with E-state index in [2.05, 4.69) is 29.2 Å². The molecule has 0 radical (unpaired) electrons. The minimum atomic E-state index is -0.571. The van der Waals surface area contributed by atoms with Gasteiger partial charge >= 0.3 is 0 Å². The van der Waals surface area contributed by atoms with Crippen LogP contribution in [0.15, 0.2) is 47.0 Å². The Kier molecular flexibility index (Phi) is 5.99. The molecule has 7 heteroatoms. The number of aryl methyl sites for hydroxylation is 1. The van der Waals surface area contributed by atoms with Gasteiger partial charge in [0.15, 0.2) is 0 Å². The van der Waals surface area contributed by atoms with Crippen molar-refractivity contribution in [1.29, 1.82) is 0 Å². The van der Waals surface area contributed by atoms with Crippen molar-refractivity contribution in [3.63, 3.8) is 0 Å². The SMILES string of the molecule is CCN(CC)c1ccc(NC(=O)c2c(-c3c(F)cccc3Cl)noc2C)cc1. The molecule has 0 aliphatic carbocycles. The van der Waals surface area contributed by atoms with Gasteiger partial charge in [0.2, 0.25) is 0 Å². The lowest BCUT2D eigenvalue weighted by molar-refractivity contribution is 0.102. The second-order valence-electron chi connectivity index (χ2n) is 6.23. The molecule has 0 saturated carbocycles. The summed E-state index contributed by atoms with van der Waals surface area (Å²) in [7, 11) is 0. The van der Waals surface area contributed by atoms with Crippen LogP contribution in [0.3, 0.4) is 0 Å². The van der Waals surface area contributed by atoms with E-state index in [1.807, 2.05) is 24.3 Å². The summed E-state index contributed by atoms with van der Waals surface area (Å²) in [6.45, 7) is 7.57. The fraction of sp³-hybridized carbons (Fsp3) is 0.238. The molecule has 0 bridgehead atoms. The number of benzene rings is 2. The first-order valence-electron chi connectivity index (χ1n) is 9.03. The van der Waals surface area contributed by atoms with Gasteiger partial charge in [-0.15, -0.1) is 0 Å².